The topological polar surface area (TPSA) is 46.6 Å². The van der Waals surface area contributed by atoms with Gasteiger partial charge in [-0.1, -0.05) is 57.8 Å². The van der Waals surface area contributed by atoms with Crippen molar-refractivity contribution in [1.29, 1.82) is 0 Å². The van der Waals surface area contributed by atoms with Gasteiger partial charge in [0.05, 0.1) is 17.5 Å². The van der Waals surface area contributed by atoms with E-state index in [9.17, 15) is 9.59 Å². The highest BCUT2D eigenvalue weighted by atomic mass is 79.9. The molecule has 4 nitrogen and oxygen atoms in total. The first-order valence-electron chi connectivity index (χ1n) is 10.8. The molecule has 6 atom stereocenters. The van der Waals surface area contributed by atoms with Crippen molar-refractivity contribution >= 4 is 49.4 Å². The molecule has 1 saturated heterocycles. The van der Waals surface area contributed by atoms with Gasteiger partial charge in [-0.25, -0.2) is 0 Å². The third-order valence-corrected chi connectivity index (χ3v) is 10.3. The van der Waals surface area contributed by atoms with Crippen molar-refractivity contribution in [3.05, 3.63) is 53.6 Å². The Morgan fingerprint density at radius 2 is 1.52 bits per heavy atom. The average molecular weight is 547 g/mol. The van der Waals surface area contributed by atoms with Crippen molar-refractivity contribution < 1.29 is 14.3 Å². The number of aryl methyl sites for hydroxylation is 1. The van der Waals surface area contributed by atoms with Gasteiger partial charge in [-0.05, 0) is 72.6 Å². The molecule has 1 heterocycles. The van der Waals surface area contributed by atoms with Crippen LogP contribution in [0.25, 0.3) is 0 Å². The van der Waals surface area contributed by atoms with Crippen LogP contribution in [0, 0.1) is 30.6 Å². The zero-order valence-electron chi connectivity index (χ0n) is 17.7. The highest BCUT2D eigenvalue weighted by Gasteiger charge is 2.66. The van der Waals surface area contributed by atoms with Crippen LogP contribution in [0.4, 0.5) is 5.69 Å². The summed E-state index contributed by atoms with van der Waals surface area (Å²) in [5, 5.41) is 0. The van der Waals surface area contributed by atoms with E-state index in [1.165, 1.54) is 4.90 Å². The summed E-state index contributed by atoms with van der Waals surface area (Å²) >= 11 is 7.47. The fourth-order valence-corrected chi connectivity index (χ4v) is 7.47. The molecule has 5 rings (SSSR count). The number of imide groups is 1. The van der Waals surface area contributed by atoms with Crippen molar-refractivity contribution in [3.63, 3.8) is 0 Å². The number of anilines is 1. The molecule has 0 aromatic heterocycles. The van der Waals surface area contributed by atoms with Gasteiger partial charge in [0.25, 0.3) is 0 Å². The molecule has 3 fully saturated rings. The second kappa shape index (κ2) is 7.73. The number of carbonyl (C=O) groups is 2. The number of alkyl halides is 2. The fraction of sp³-hybridized carbons (Fsp3) is 0.440. The number of hydrogen-bond acceptors (Lipinski definition) is 3. The molecule has 3 aliphatic rings. The minimum atomic E-state index is -0.201. The summed E-state index contributed by atoms with van der Waals surface area (Å²) in [6, 6.07) is 13.5. The standard InChI is InChI=1S/C25H25Br2NO3/c1-12(2)16-9-4-13(3)10-19(16)31-15-7-5-14(6-8-15)28-24(29)20-17-11-18(21(20)25(28)30)23(27)22(17)26/h4-10,12,17-18,20-23H,11H2,1-3H3/t17-,18-,20-,21-,22+,23+/m1/s1. The summed E-state index contributed by atoms with van der Waals surface area (Å²) in [6.07, 6.45) is 0.938. The predicted octanol–water partition coefficient (Wildman–Crippen LogP) is 6.19. The third-order valence-electron chi connectivity index (χ3n) is 7.10. The van der Waals surface area contributed by atoms with Crippen molar-refractivity contribution in [2.75, 3.05) is 4.90 Å². The normalized spacial score (nSPS) is 31.6. The molecule has 0 radical (unpaired) electrons. The Bertz CT molecular complexity index is 1020. The first-order chi connectivity index (χ1) is 14.8. The maximum absolute atomic E-state index is 13.2. The largest absolute Gasteiger partial charge is 0.457 e. The minimum Gasteiger partial charge on any atom is -0.457 e. The quantitative estimate of drug-likeness (QED) is 0.339. The van der Waals surface area contributed by atoms with Gasteiger partial charge < -0.3 is 4.74 Å². The van der Waals surface area contributed by atoms with Crippen LogP contribution in [-0.4, -0.2) is 21.5 Å². The van der Waals surface area contributed by atoms with Crippen LogP contribution in [0.2, 0.25) is 0 Å². The summed E-state index contributed by atoms with van der Waals surface area (Å²) < 4.78 is 6.17. The van der Waals surface area contributed by atoms with E-state index in [0.717, 1.165) is 23.3 Å². The highest BCUT2D eigenvalue weighted by molar-refractivity contribution is 9.12. The maximum Gasteiger partial charge on any atom is 0.238 e. The van der Waals surface area contributed by atoms with Gasteiger partial charge in [0.1, 0.15) is 11.5 Å². The van der Waals surface area contributed by atoms with Crippen LogP contribution >= 0.6 is 31.9 Å². The lowest BCUT2D eigenvalue weighted by Crippen LogP contribution is -2.37. The van der Waals surface area contributed by atoms with Gasteiger partial charge in [-0.15, -0.1) is 0 Å². The van der Waals surface area contributed by atoms with E-state index in [4.69, 9.17) is 4.74 Å². The molecule has 2 aromatic rings. The van der Waals surface area contributed by atoms with Crippen LogP contribution in [-0.2, 0) is 9.59 Å². The summed E-state index contributed by atoms with van der Waals surface area (Å²) in [5.74, 6) is 1.81. The number of halogens is 2. The summed E-state index contributed by atoms with van der Waals surface area (Å²) in [6.45, 7) is 6.33. The van der Waals surface area contributed by atoms with E-state index in [0.29, 0.717) is 17.4 Å². The van der Waals surface area contributed by atoms with E-state index in [1.807, 2.05) is 37.3 Å². The Kier molecular flexibility index (Phi) is 5.29. The number of nitrogens with zero attached hydrogens (tertiary/aromatic N) is 1. The van der Waals surface area contributed by atoms with Gasteiger partial charge >= 0.3 is 0 Å². The van der Waals surface area contributed by atoms with Crippen LogP contribution in [0.1, 0.15) is 37.3 Å². The van der Waals surface area contributed by atoms with Gasteiger partial charge in [0.15, 0.2) is 0 Å². The SMILES string of the molecule is Cc1ccc(C(C)C)c(Oc2ccc(N3C(=O)[C@@H]4[C@H]5C[C@@H]([C@H](Br)[C@H]5Br)[C@H]4C3=O)cc2)c1. The summed E-state index contributed by atoms with van der Waals surface area (Å²) in [5.41, 5.74) is 2.92. The monoisotopic (exact) mass is 545 g/mol. The van der Waals surface area contributed by atoms with E-state index < -0.39 is 0 Å². The molecular weight excluding hydrogens is 522 g/mol. The van der Waals surface area contributed by atoms with Crippen LogP contribution in [0.3, 0.4) is 0 Å². The zero-order chi connectivity index (χ0) is 22.0. The van der Waals surface area contributed by atoms with E-state index in [2.05, 4.69) is 57.8 Å². The van der Waals surface area contributed by atoms with Gasteiger partial charge in [-0.3, -0.25) is 14.5 Å². The molecular formula is C25H25Br2NO3. The molecule has 31 heavy (non-hydrogen) atoms. The summed E-state index contributed by atoms with van der Waals surface area (Å²) in [7, 11) is 0. The molecule has 2 amide bonds. The molecule has 2 bridgehead atoms. The van der Waals surface area contributed by atoms with Crippen LogP contribution < -0.4 is 9.64 Å². The highest BCUT2D eigenvalue weighted by Crippen LogP contribution is 2.60. The average Bonchev–Trinajstić information content (AvgIpc) is 3.33. The van der Waals surface area contributed by atoms with Crippen molar-refractivity contribution in [1.82, 2.24) is 0 Å². The lowest BCUT2D eigenvalue weighted by Gasteiger charge is -2.28. The Labute approximate surface area is 199 Å². The molecule has 6 heteroatoms. The fourth-order valence-electron chi connectivity index (χ4n) is 5.60. The lowest BCUT2D eigenvalue weighted by molar-refractivity contribution is -0.123. The lowest BCUT2D eigenvalue weighted by atomic mass is 9.81. The van der Waals surface area contributed by atoms with E-state index in [-0.39, 0.29) is 45.1 Å². The number of rotatable bonds is 4. The van der Waals surface area contributed by atoms with E-state index in [1.54, 1.807) is 0 Å². The molecule has 2 aromatic carbocycles. The maximum atomic E-state index is 13.2. The number of ether oxygens (including phenoxy) is 1. The molecule has 2 saturated carbocycles. The predicted molar refractivity (Wildman–Crippen MR) is 128 cm³/mol. The number of benzene rings is 2. The molecule has 0 unspecified atom stereocenters. The molecule has 0 N–H and O–H groups in total. The Hall–Kier alpha value is -1.66. The molecule has 1 aliphatic heterocycles. The first kappa shape index (κ1) is 21.2. The molecule has 2 aliphatic carbocycles. The molecule has 162 valence electrons. The van der Waals surface area contributed by atoms with Gasteiger partial charge in [0, 0.05) is 9.65 Å². The smallest absolute Gasteiger partial charge is 0.238 e. The van der Waals surface area contributed by atoms with E-state index >= 15 is 0 Å². The number of carbonyl (C=O) groups excluding carboxylic acids is 2. The minimum absolute atomic E-state index is 0.0548. The zero-order valence-corrected chi connectivity index (χ0v) is 20.9. The molecule has 0 spiro atoms. The third kappa shape index (κ3) is 3.29. The number of fused-ring (bicyclic) bond motifs is 5. The van der Waals surface area contributed by atoms with Crippen molar-refractivity contribution in [2.45, 2.75) is 42.8 Å². The van der Waals surface area contributed by atoms with Crippen LogP contribution in [0.5, 0.6) is 11.5 Å². The second-order valence-corrected chi connectivity index (χ2v) is 11.4. The van der Waals surface area contributed by atoms with Crippen molar-refractivity contribution in [3.8, 4) is 11.5 Å². The Balaban J connectivity index is 1.39. The Morgan fingerprint density at radius 1 is 0.935 bits per heavy atom. The van der Waals surface area contributed by atoms with Gasteiger partial charge in [0.2, 0.25) is 11.8 Å². The Morgan fingerprint density at radius 3 is 2.06 bits per heavy atom. The van der Waals surface area contributed by atoms with Crippen LogP contribution in [0.15, 0.2) is 42.5 Å². The number of amides is 2. The number of hydrogen-bond donors (Lipinski definition) is 0. The second-order valence-electron chi connectivity index (χ2n) is 9.31. The summed E-state index contributed by atoms with van der Waals surface area (Å²) in [4.78, 5) is 28.3. The first-order valence-corrected chi connectivity index (χ1v) is 12.7. The van der Waals surface area contributed by atoms with Gasteiger partial charge in [-0.2, -0.15) is 0 Å². The van der Waals surface area contributed by atoms with Crippen molar-refractivity contribution in [2.24, 2.45) is 23.7 Å².